The smallest absolute Gasteiger partial charge is 0.257 e. The topological polar surface area (TPSA) is 101 Å². The number of carbonyl (C=O) groups is 1. The number of aryl methyl sites for hydroxylation is 2. The lowest BCUT2D eigenvalue weighted by molar-refractivity contribution is 0.0729. The summed E-state index contributed by atoms with van der Waals surface area (Å²) in [5.41, 5.74) is 4.27. The fraction of sp³-hybridized carbons (Fsp3) is 0.375. The summed E-state index contributed by atoms with van der Waals surface area (Å²) >= 11 is 0. The number of ether oxygens (including phenoxy) is 2. The highest BCUT2D eigenvalue weighted by atomic mass is 32.2. The van der Waals surface area contributed by atoms with E-state index in [2.05, 4.69) is 10.3 Å². The number of para-hydroxylation sites is 1. The van der Waals surface area contributed by atoms with E-state index in [9.17, 15) is 13.2 Å². The molecule has 9 heteroatoms. The number of H-pyrrole nitrogens is 1. The van der Waals surface area contributed by atoms with Gasteiger partial charge in [-0.05, 0) is 55.5 Å². The second kappa shape index (κ2) is 8.81. The molecule has 0 saturated carbocycles. The van der Waals surface area contributed by atoms with Gasteiger partial charge in [0, 0.05) is 29.9 Å². The van der Waals surface area contributed by atoms with Gasteiger partial charge in [0.15, 0.2) is 0 Å². The molecule has 1 aromatic heterocycles. The molecule has 0 radical (unpaired) electrons. The van der Waals surface area contributed by atoms with Crippen LogP contribution in [0.5, 0.6) is 5.75 Å². The third-order valence-electron chi connectivity index (χ3n) is 6.39. The first kappa shape index (κ1) is 21.9. The molecule has 0 bridgehead atoms. The second-order valence-electron chi connectivity index (χ2n) is 8.35. The Morgan fingerprint density at radius 2 is 1.91 bits per heavy atom. The molecule has 1 saturated heterocycles. The number of benzene rings is 2. The van der Waals surface area contributed by atoms with Crippen LogP contribution in [-0.2, 0) is 27.6 Å². The fourth-order valence-corrected chi connectivity index (χ4v) is 6.29. The summed E-state index contributed by atoms with van der Waals surface area (Å²) in [5, 5.41) is 3.96. The molecule has 174 valence electrons. The lowest BCUT2D eigenvalue weighted by Crippen LogP contribution is -2.40. The molecule has 5 rings (SSSR count). The van der Waals surface area contributed by atoms with Crippen molar-refractivity contribution >= 4 is 32.5 Å². The standard InChI is InChI=1S/C24H27N3O5S/c1-31-21-10-9-16(15-22(21)33(29,30)27-11-13-32-14-12-27)25-24(28)19-7-4-6-18-17-5-2-3-8-20(17)26-23(18)19/h4,6-7,9-10,15,26H,2-3,5,8,11-14H2,1H3,(H,25,28). The number of hydrogen-bond acceptors (Lipinski definition) is 5. The van der Waals surface area contributed by atoms with Gasteiger partial charge in [-0.3, -0.25) is 4.79 Å². The van der Waals surface area contributed by atoms with Crippen molar-refractivity contribution in [2.24, 2.45) is 0 Å². The van der Waals surface area contributed by atoms with Crippen molar-refractivity contribution in [3.05, 3.63) is 53.2 Å². The van der Waals surface area contributed by atoms with Crippen molar-refractivity contribution < 1.29 is 22.7 Å². The minimum absolute atomic E-state index is 0.0262. The lowest BCUT2D eigenvalue weighted by Gasteiger charge is -2.26. The zero-order chi connectivity index (χ0) is 23.0. The van der Waals surface area contributed by atoms with Gasteiger partial charge in [0.05, 0.1) is 31.4 Å². The molecule has 0 unspecified atom stereocenters. The highest BCUT2D eigenvalue weighted by molar-refractivity contribution is 7.89. The molecule has 2 N–H and O–H groups in total. The maximum absolute atomic E-state index is 13.2. The van der Waals surface area contributed by atoms with Gasteiger partial charge in [0.25, 0.3) is 5.91 Å². The van der Waals surface area contributed by atoms with Crippen LogP contribution in [0, 0.1) is 0 Å². The van der Waals surface area contributed by atoms with Gasteiger partial charge in [-0.1, -0.05) is 12.1 Å². The molecule has 1 aliphatic carbocycles. The Hall–Kier alpha value is -2.88. The number of rotatable bonds is 5. The normalized spacial score (nSPS) is 17.0. The number of hydrogen-bond donors (Lipinski definition) is 2. The first-order valence-corrected chi connectivity index (χ1v) is 12.6. The van der Waals surface area contributed by atoms with Crippen molar-refractivity contribution in [2.45, 2.75) is 30.6 Å². The van der Waals surface area contributed by atoms with E-state index >= 15 is 0 Å². The Labute approximate surface area is 192 Å². The van der Waals surface area contributed by atoms with E-state index in [1.54, 1.807) is 18.2 Å². The van der Waals surface area contributed by atoms with Crippen molar-refractivity contribution in [3.63, 3.8) is 0 Å². The van der Waals surface area contributed by atoms with Gasteiger partial charge in [-0.25, -0.2) is 8.42 Å². The first-order valence-electron chi connectivity index (χ1n) is 11.2. The van der Waals surface area contributed by atoms with Crippen LogP contribution in [0.2, 0.25) is 0 Å². The van der Waals surface area contributed by atoms with E-state index in [-0.39, 0.29) is 29.6 Å². The SMILES string of the molecule is COc1ccc(NC(=O)c2cccc3c4c([nH]c23)CCCC4)cc1S(=O)(=O)N1CCOCC1. The van der Waals surface area contributed by atoms with E-state index in [4.69, 9.17) is 9.47 Å². The summed E-state index contributed by atoms with van der Waals surface area (Å²) in [4.78, 5) is 16.7. The van der Waals surface area contributed by atoms with Gasteiger partial charge in [0.2, 0.25) is 10.0 Å². The summed E-state index contributed by atoms with van der Waals surface area (Å²) in [7, 11) is -2.36. The van der Waals surface area contributed by atoms with Crippen LogP contribution in [0.1, 0.15) is 34.5 Å². The third-order valence-corrected chi connectivity index (χ3v) is 8.31. The van der Waals surface area contributed by atoms with Crippen molar-refractivity contribution in [1.82, 2.24) is 9.29 Å². The molecule has 2 heterocycles. The minimum atomic E-state index is -3.79. The molecule has 2 aliphatic rings. The van der Waals surface area contributed by atoms with Crippen LogP contribution < -0.4 is 10.1 Å². The zero-order valence-corrected chi connectivity index (χ0v) is 19.3. The summed E-state index contributed by atoms with van der Waals surface area (Å²) in [6.07, 6.45) is 4.31. The Bertz CT molecular complexity index is 1310. The van der Waals surface area contributed by atoms with Crippen molar-refractivity contribution in [1.29, 1.82) is 0 Å². The minimum Gasteiger partial charge on any atom is -0.495 e. The fourth-order valence-electron chi connectivity index (χ4n) is 4.70. The number of fused-ring (bicyclic) bond motifs is 3. The van der Waals surface area contributed by atoms with Crippen molar-refractivity contribution in [2.75, 3.05) is 38.7 Å². The molecular formula is C24H27N3O5S. The highest BCUT2D eigenvalue weighted by Gasteiger charge is 2.30. The van der Waals surface area contributed by atoms with E-state index in [1.165, 1.54) is 28.7 Å². The molecular weight excluding hydrogens is 442 g/mol. The number of aromatic amines is 1. The average Bonchev–Trinajstić information content (AvgIpc) is 3.23. The lowest BCUT2D eigenvalue weighted by atomic mass is 9.95. The number of nitrogens with one attached hydrogen (secondary N) is 2. The van der Waals surface area contributed by atoms with E-state index in [0.717, 1.165) is 36.6 Å². The van der Waals surface area contributed by atoms with Crippen LogP contribution in [-0.4, -0.2) is 57.0 Å². The maximum Gasteiger partial charge on any atom is 0.257 e. The Kier molecular flexibility index (Phi) is 5.86. The monoisotopic (exact) mass is 469 g/mol. The van der Waals surface area contributed by atoms with Gasteiger partial charge in [-0.2, -0.15) is 4.31 Å². The summed E-state index contributed by atoms with van der Waals surface area (Å²) < 4.78 is 38.4. The van der Waals surface area contributed by atoms with Crippen LogP contribution in [0.25, 0.3) is 10.9 Å². The molecule has 3 aromatic rings. The number of anilines is 1. The van der Waals surface area contributed by atoms with Crippen molar-refractivity contribution in [3.8, 4) is 5.75 Å². The number of nitrogens with zero attached hydrogens (tertiary/aromatic N) is 1. The van der Waals surface area contributed by atoms with Crippen LogP contribution in [0.3, 0.4) is 0 Å². The first-order chi connectivity index (χ1) is 16.0. The average molecular weight is 470 g/mol. The number of morpholine rings is 1. The second-order valence-corrected chi connectivity index (χ2v) is 10.3. The number of aromatic nitrogens is 1. The molecule has 0 spiro atoms. The van der Waals surface area contributed by atoms with Gasteiger partial charge < -0.3 is 19.8 Å². The van der Waals surface area contributed by atoms with Gasteiger partial charge >= 0.3 is 0 Å². The maximum atomic E-state index is 13.2. The molecule has 0 atom stereocenters. The predicted octanol–water partition coefficient (Wildman–Crippen LogP) is 3.33. The number of carbonyl (C=O) groups excluding carboxylic acids is 1. The van der Waals surface area contributed by atoms with Gasteiger partial charge in [0.1, 0.15) is 10.6 Å². The molecule has 8 nitrogen and oxygen atoms in total. The molecule has 1 fully saturated rings. The molecule has 33 heavy (non-hydrogen) atoms. The predicted molar refractivity (Wildman–Crippen MR) is 125 cm³/mol. The Morgan fingerprint density at radius 3 is 2.70 bits per heavy atom. The number of sulfonamides is 1. The summed E-state index contributed by atoms with van der Waals surface area (Å²) in [6.45, 7) is 1.26. The number of methoxy groups -OCH3 is 1. The Balaban J connectivity index is 1.47. The summed E-state index contributed by atoms with van der Waals surface area (Å²) in [5.74, 6) is -0.0577. The van der Waals surface area contributed by atoms with E-state index < -0.39 is 10.0 Å². The van der Waals surface area contributed by atoms with Crippen LogP contribution in [0.15, 0.2) is 41.3 Å². The van der Waals surface area contributed by atoms with Crippen LogP contribution in [0.4, 0.5) is 5.69 Å². The largest absolute Gasteiger partial charge is 0.495 e. The zero-order valence-electron chi connectivity index (χ0n) is 18.5. The van der Waals surface area contributed by atoms with E-state index in [0.29, 0.717) is 24.5 Å². The van der Waals surface area contributed by atoms with Crippen LogP contribution >= 0.6 is 0 Å². The summed E-state index contributed by atoms with van der Waals surface area (Å²) in [6, 6.07) is 10.4. The van der Waals surface area contributed by atoms with E-state index in [1.807, 2.05) is 12.1 Å². The Morgan fingerprint density at radius 1 is 1.12 bits per heavy atom. The number of amides is 1. The molecule has 1 amide bonds. The third kappa shape index (κ3) is 4.01. The highest BCUT2D eigenvalue weighted by Crippen LogP contribution is 2.33. The van der Waals surface area contributed by atoms with Gasteiger partial charge in [-0.15, -0.1) is 0 Å². The molecule has 1 aliphatic heterocycles. The quantitative estimate of drug-likeness (QED) is 0.597. The molecule has 2 aromatic carbocycles.